The van der Waals surface area contributed by atoms with Crippen LogP contribution in [0.4, 0.5) is 5.82 Å². The van der Waals surface area contributed by atoms with Crippen LogP contribution in [-0.2, 0) is 0 Å². The third-order valence-electron chi connectivity index (χ3n) is 3.99. The summed E-state index contributed by atoms with van der Waals surface area (Å²) >= 11 is 0. The Kier molecular flexibility index (Phi) is 3.57. The molecule has 1 unspecified atom stereocenters. The number of rotatable bonds is 2. The van der Waals surface area contributed by atoms with Crippen molar-refractivity contribution in [2.45, 2.75) is 26.2 Å². The highest BCUT2D eigenvalue weighted by Crippen LogP contribution is 2.35. The number of hydrogen-bond acceptors (Lipinski definition) is 3. The number of allylic oxidation sites excluding steroid dienone is 4. The molecule has 3 rings (SSSR count). The lowest BCUT2D eigenvalue weighted by Crippen LogP contribution is -2.05. The number of nitrogens with two attached hydrogens (primary N) is 1. The average Bonchev–Trinajstić information content (AvgIpc) is 2.49. The smallest absolute Gasteiger partial charge is 0.141 e. The van der Waals surface area contributed by atoms with E-state index in [0.717, 1.165) is 17.7 Å². The maximum absolute atomic E-state index is 5.60. The molecule has 1 aliphatic rings. The zero-order valence-electron chi connectivity index (χ0n) is 12.4. The molecule has 0 fully saturated rings. The summed E-state index contributed by atoms with van der Waals surface area (Å²) in [6.45, 7) is 4.30. The predicted molar refractivity (Wildman–Crippen MR) is 86.7 cm³/mol. The number of aromatic nitrogens is 2. The van der Waals surface area contributed by atoms with Gasteiger partial charge in [-0.05, 0) is 37.0 Å². The van der Waals surface area contributed by atoms with E-state index in [4.69, 9.17) is 5.73 Å². The molecule has 3 nitrogen and oxygen atoms in total. The molecular formula is C18H19N3. The molecule has 0 aliphatic heterocycles. The van der Waals surface area contributed by atoms with Crippen LogP contribution in [0.15, 0.2) is 54.4 Å². The summed E-state index contributed by atoms with van der Waals surface area (Å²) in [4.78, 5) is 8.50. The summed E-state index contributed by atoms with van der Waals surface area (Å²) in [5, 5.41) is 0. The summed E-state index contributed by atoms with van der Waals surface area (Å²) in [6.07, 6.45) is 8.93. The third-order valence-corrected chi connectivity index (χ3v) is 3.99. The SMILES string of the molecule is CC1=CC(c2ccccc2C)CC=C1c1cnc(N)cn1. The molecule has 0 spiro atoms. The van der Waals surface area contributed by atoms with Crippen molar-refractivity contribution < 1.29 is 0 Å². The minimum absolute atomic E-state index is 0.441. The van der Waals surface area contributed by atoms with Crippen molar-refractivity contribution in [3.63, 3.8) is 0 Å². The third kappa shape index (κ3) is 2.72. The number of anilines is 1. The minimum Gasteiger partial charge on any atom is -0.382 e. The maximum atomic E-state index is 5.60. The highest BCUT2D eigenvalue weighted by Gasteiger charge is 2.17. The number of nitrogen functional groups attached to an aromatic ring is 1. The fourth-order valence-electron chi connectivity index (χ4n) is 2.87. The fraction of sp³-hybridized carbons (Fsp3) is 0.222. The molecule has 1 atom stereocenters. The number of nitrogens with zero attached hydrogens (tertiary/aromatic N) is 2. The quantitative estimate of drug-likeness (QED) is 0.906. The molecule has 0 saturated carbocycles. The topological polar surface area (TPSA) is 51.8 Å². The van der Waals surface area contributed by atoms with E-state index in [-0.39, 0.29) is 0 Å². The van der Waals surface area contributed by atoms with Crippen LogP contribution in [0.25, 0.3) is 5.57 Å². The molecule has 0 saturated heterocycles. The van der Waals surface area contributed by atoms with Gasteiger partial charge in [0.25, 0.3) is 0 Å². The number of hydrogen-bond donors (Lipinski definition) is 1. The number of aryl methyl sites for hydroxylation is 1. The molecule has 1 aliphatic carbocycles. The Balaban J connectivity index is 1.89. The lowest BCUT2D eigenvalue weighted by Gasteiger charge is -2.21. The van der Waals surface area contributed by atoms with Crippen molar-refractivity contribution in [3.8, 4) is 0 Å². The van der Waals surface area contributed by atoms with E-state index in [9.17, 15) is 0 Å². The Bertz CT molecular complexity index is 711. The van der Waals surface area contributed by atoms with Gasteiger partial charge in [-0.15, -0.1) is 0 Å². The Morgan fingerprint density at radius 3 is 2.57 bits per heavy atom. The van der Waals surface area contributed by atoms with Crippen LogP contribution in [0.5, 0.6) is 0 Å². The van der Waals surface area contributed by atoms with Gasteiger partial charge >= 0.3 is 0 Å². The van der Waals surface area contributed by atoms with E-state index in [1.165, 1.54) is 16.7 Å². The predicted octanol–water partition coefficient (Wildman–Crippen LogP) is 3.88. The van der Waals surface area contributed by atoms with E-state index in [0.29, 0.717) is 11.7 Å². The standard InChI is InChI=1S/C18H19N3/c1-12-5-3-4-6-15(12)14-7-8-16(13(2)9-14)17-10-21-18(19)11-20-17/h3-6,8-11,14H,7H2,1-2H3,(H2,19,21). The second kappa shape index (κ2) is 5.52. The molecule has 1 aromatic heterocycles. The number of benzene rings is 1. The van der Waals surface area contributed by atoms with E-state index >= 15 is 0 Å². The van der Waals surface area contributed by atoms with Crippen LogP contribution in [0.3, 0.4) is 0 Å². The summed E-state index contributed by atoms with van der Waals surface area (Å²) in [7, 11) is 0. The van der Waals surface area contributed by atoms with Crippen LogP contribution < -0.4 is 5.73 Å². The first kappa shape index (κ1) is 13.6. The van der Waals surface area contributed by atoms with Crippen molar-refractivity contribution in [1.29, 1.82) is 0 Å². The largest absolute Gasteiger partial charge is 0.382 e. The second-order valence-corrected chi connectivity index (χ2v) is 5.49. The molecule has 106 valence electrons. The summed E-state index contributed by atoms with van der Waals surface area (Å²) in [5.74, 6) is 0.895. The fourth-order valence-corrected chi connectivity index (χ4v) is 2.87. The van der Waals surface area contributed by atoms with Crippen molar-refractivity contribution in [1.82, 2.24) is 9.97 Å². The molecule has 0 amide bonds. The van der Waals surface area contributed by atoms with Gasteiger partial charge < -0.3 is 5.73 Å². The van der Waals surface area contributed by atoms with Crippen LogP contribution in [0.1, 0.15) is 36.1 Å². The summed E-state index contributed by atoms with van der Waals surface area (Å²) in [6, 6.07) is 8.58. The van der Waals surface area contributed by atoms with Gasteiger partial charge in [-0.1, -0.05) is 36.4 Å². The molecule has 3 heteroatoms. The minimum atomic E-state index is 0.441. The average molecular weight is 277 g/mol. The Labute approximate surface area is 125 Å². The highest BCUT2D eigenvalue weighted by atomic mass is 14.9. The Morgan fingerprint density at radius 1 is 1.10 bits per heavy atom. The van der Waals surface area contributed by atoms with Crippen LogP contribution >= 0.6 is 0 Å². The molecule has 1 aromatic carbocycles. The monoisotopic (exact) mass is 277 g/mol. The van der Waals surface area contributed by atoms with Crippen LogP contribution in [-0.4, -0.2) is 9.97 Å². The summed E-state index contributed by atoms with van der Waals surface area (Å²) < 4.78 is 0. The second-order valence-electron chi connectivity index (χ2n) is 5.49. The molecule has 21 heavy (non-hydrogen) atoms. The van der Waals surface area contributed by atoms with Gasteiger partial charge in [0.2, 0.25) is 0 Å². The Hall–Kier alpha value is -2.42. The molecule has 0 bridgehead atoms. The van der Waals surface area contributed by atoms with Crippen molar-refractivity contribution in [3.05, 3.63) is 71.2 Å². The lowest BCUT2D eigenvalue weighted by atomic mass is 9.84. The van der Waals surface area contributed by atoms with Crippen molar-refractivity contribution in [2.24, 2.45) is 0 Å². The van der Waals surface area contributed by atoms with Gasteiger partial charge in [-0.2, -0.15) is 0 Å². The van der Waals surface area contributed by atoms with E-state index in [1.807, 2.05) is 0 Å². The van der Waals surface area contributed by atoms with Gasteiger partial charge in [-0.3, -0.25) is 4.98 Å². The Morgan fingerprint density at radius 2 is 1.90 bits per heavy atom. The zero-order chi connectivity index (χ0) is 14.8. The molecule has 0 radical (unpaired) electrons. The normalized spacial score (nSPS) is 18.1. The molecule has 1 heterocycles. The van der Waals surface area contributed by atoms with Crippen LogP contribution in [0, 0.1) is 6.92 Å². The van der Waals surface area contributed by atoms with Gasteiger partial charge in [0.15, 0.2) is 0 Å². The van der Waals surface area contributed by atoms with Crippen molar-refractivity contribution >= 4 is 11.4 Å². The van der Waals surface area contributed by atoms with Crippen LogP contribution in [0.2, 0.25) is 0 Å². The van der Waals surface area contributed by atoms with E-state index in [1.54, 1.807) is 12.4 Å². The maximum Gasteiger partial charge on any atom is 0.141 e. The summed E-state index contributed by atoms with van der Waals surface area (Å²) in [5.41, 5.74) is 11.6. The van der Waals surface area contributed by atoms with Gasteiger partial charge in [0.1, 0.15) is 5.82 Å². The highest BCUT2D eigenvalue weighted by molar-refractivity contribution is 5.77. The molecular weight excluding hydrogens is 258 g/mol. The first-order chi connectivity index (χ1) is 10.1. The first-order valence-electron chi connectivity index (χ1n) is 7.17. The van der Waals surface area contributed by atoms with Gasteiger partial charge in [0, 0.05) is 11.5 Å². The lowest BCUT2D eigenvalue weighted by molar-refractivity contribution is 0.838. The zero-order valence-corrected chi connectivity index (χ0v) is 12.4. The van der Waals surface area contributed by atoms with E-state index < -0.39 is 0 Å². The van der Waals surface area contributed by atoms with E-state index in [2.05, 4.69) is 60.2 Å². The first-order valence-corrected chi connectivity index (χ1v) is 7.17. The van der Waals surface area contributed by atoms with Gasteiger partial charge in [0.05, 0.1) is 18.1 Å². The molecule has 2 aromatic rings. The molecule has 2 N–H and O–H groups in total. The van der Waals surface area contributed by atoms with Crippen molar-refractivity contribution in [2.75, 3.05) is 5.73 Å². The van der Waals surface area contributed by atoms with Gasteiger partial charge in [-0.25, -0.2) is 4.98 Å².